The molecular formula is C25H32N2O. The van der Waals surface area contributed by atoms with Gasteiger partial charge in [-0.2, -0.15) is 0 Å². The van der Waals surface area contributed by atoms with Crippen molar-refractivity contribution < 1.29 is 4.79 Å². The predicted octanol–water partition coefficient (Wildman–Crippen LogP) is 5.53. The van der Waals surface area contributed by atoms with E-state index in [2.05, 4.69) is 36.9 Å². The van der Waals surface area contributed by atoms with Crippen molar-refractivity contribution in [3.63, 3.8) is 0 Å². The lowest BCUT2D eigenvalue weighted by molar-refractivity contribution is 0.103. The molecule has 0 spiro atoms. The van der Waals surface area contributed by atoms with Gasteiger partial charge in [-0.3, -0.25) is 4.79 Å². The summed E-state index contributed by atoms with van der Waals surface area (Å²) in [4.78, 5) is 15.6. The molecule has 0 radical (unpaired) electrons. The summed E-state index contributed by atoms with van der Waals surface area (Å²) in [6, 6.07) is 16.3. The summed E-state index contributed by atoms with van der Waals surface area (Å²) in [5.41, 5.74) is 4.91. The van der Waals surface area contributed by atoms with Crippen LogP contribution in [0.25, 0.3) is 5.52 Å². The van der Waals surface area contributed by atoms with Crippen molar-refractivity contribution in [2.24, 2.45) is 0 Å². The number of carbonyl (C=O) groups is 1. The molecule has 0 fully saturated rings. The minimum Gasteiger partial charge on any atom is -0.313 e. The molecule has 0 aliphatic carbocycles. The van der Waals surface area contributed by atoms with E-state index in [9.17, 15) is 4.79 Å². The molecule has 3 nitrogen and oxygen atoms in total. The van der Waals surface area contributed by atoms with E-state index in [-0.39, 0.29) is 5.78 Å². The second-order valence-corrected chi connectivity index (χ2v) is 7.64. The number of ketones is 1. The molecule has 2 heterocycles. The molecule has 0 saturated carbocycles. The zero-order valence-electron chi connectivity index (χ0n) is 17.4. The number of pyridine rings is 1. The van der Waals surface area contributed by atoms with Crippen LogP contribution in [0.3, 0.4) is 0 Å². The van der Waals surface area contributed by atoms with E-state index in [1.165, 1.54) is 31.5 Å². The first-order valence-corrected chi connectivity index (χ1v) is 10.6. The lowest BCUT2D eigenvalue weighted by Gasteiger charge is -2.20. The highest BCUT2D eigenvalue weighted by Gasteiger charge is 2.16. The van der Waals surface area contributed by atoms with Gasteiger partial charge in [-0.1, -0.05) is 44.2 Å². The van der Waals surface area contributed by atoms with Gasteiger partial charge in [0.25, 0.3) is 0 Å². The summed E-state index contributed by atoms with van der Waals surface area (Å²) < 4.78 is 1.99. The second-order valence-electron chi connectivity index (χ2n) is 7.64. The summed E-state index contributed by atoms with van der Waals surface area (Å²) >= 11 is 0. The number of carbonyl (C=O) groups excluding carboxylic acids is 1. The Morgan fingerprint density at radius 2 is 1.68 bits per heavy atom. The van der Waals surface area contributed by atoms with Gasteiger partial charge >= 0.3 is 0 Å². The van der Waals surface area contributed by atoms with Gasteiger partial charge in [0.2, 0.25) is 5.78 Å². The van der Waals surface area contributed by atoms with Crippen molar-refractivity contribution in [3.8, 4) is 0 Å². The molecule has 0 saturated heterocycles. The van der Waals surface area contributed by atoms with Crippen LogP contribution in [0.1, 0.15) is 60.3 Å². The van der Waals surface area contributed by atoms with Crippen LogP contribution in [0.4, 0.5) is 0 Å². The topological polar surface area (TPSA) is 24.7 Å². The van der Waals surface area contributed by atoms with Crippen LogP contribution < -0.4 is 0 Å². The van der Waals surface area contributed by atoms with E-state index in [0.717, 1.165) is 41.7 Å². The maximum atomic E-state index is 13.1. The molecule has 1 aromatic carbocycles. The normalized spacial score (nSPS) is 11.4. The molecule has 0 unspecified atom stereocenters. The summed E-state index contributed by atoms with van der Waals surface area (Å²) in [7, 11) is 0. The fourth-order valence-corrected chi connectivity index (χ4v) is 3.98. The van der Waals surface area contributed by atoms with Crippen molar-refractivity contribution in [1.82, 2.24) is 9.30 Å². The SMILES string of the molecule is CCCN(CCC)CCCc1ccc(C(=O)c2c(C)cc3ccccn23)cc1. The number of nitrogens with zero attached hydrogens (tertiary/aromatic N) is 2. The largest absolute Gasteiger partial charge is 0.313 e. The van der Waals surface area contributed by atoms with Crippen LogP contribution in [-0.4, -0.2) is 34.7 Å². The van der Waals surface area contributed by atoms with Crippen LogP contribution in [0.15, 0.2) is 54.7 Å². The van der Waals surface area contributed by atoms with Crippen molar-refractivity contribution in [1.29, 1.82) is 0 Å². The monoisotopic (exact) mass is 376 g/mol. The van der Waals surface area contributed by atoms with Gasteiger partial charge in [-0.25, -0.2) is 0 Å². The molecule has 148 valence electrons. The average molecular weight is 377 g/mol. The van der Waals surface area contributed by atoms with E-state index < -0.39 is 0 Å². The molecule has 3 aromatic rings. The van der Waals surface area contributed by atoms with Crippen molar-refractivity contribution in [3.05, 3.63) is 77.1 Å². The fourth-order valence-electron chi connectivity index (χ4n) is 3.98. The number of fused-ring (bicyclic) bond motifs is 1. The second kappa shape index (κ2) is 9.70. The minimum atomic E-state index is 0.0901. The Labute approximate surface area is 169 Å². The van der Waals surface area contributed by atoms with Crippen molar-refractivity contribution >= 4 is 11.3 Å². The summed E-state index contributed by atoms with van der Waals surface area (Å²) in [5, 5.41) is 0. The molecule has 3 rings (SSSR count). The van der Waals surface area contributed by atoms with E-state index in [1.54, 1.807) is 0 Å². The van der Waals surface area contributed by atoms with Gasteiger partial charge in [0.05, 0.1) is 5.69 Å². The maximum absolute atomic E-state index is 13.1. The zero-order chi connectivity index (χ0) is 19.9. The molecule has 3 heteroatoms. The molecule has 0 N–H and O–H groups in total. The molecule has 2 aromatic heterocycles. The van der Waals surface area contributed by atoms with Crippen molar-refractivity contribution in [2.75, 3.05) is 19.6 Å². The molecule has 0 amide bonds. The molecule has 0 bridgehead atoms. The Bertz CT molecular complexity index is 902. The minimum absolute atomic E-state index is 0.0901. The van der Waals surface area contributed by atoms with Crippen LogP contribution in [0, 0.1) is 6.92 Å². The number of aromatic nitrogens is 1. The number of hydrogen-bond donors (Lipinski definition) is 0. The van der Waals surface area contributed by atoms with E-state index in [1.807, 2.05) is 47.9 Å². The lowest BCUT2D eigenvalue weighted by Crippen LogP contribution is -2.26. The quantitative estimate of drug-likeness (QED) is 0.434. The number of benzene rings is 1. The Morgan fingerprint density at radius 3 is 2.36 bits per heavy atom. The van der Waals surface area contributed by atoms with E-state index >= 15 is 0 Å². The summed E-state index contributed by atoms with van der Waals surface area (Å²) in [6.07, 6.45) is 6.61. The number of aryl methyl sites for hydroxylation is 2. The molecule has 28 heavy (non-hydrogen) atoms. The molecule has 0 aliphatic heterocycles. The third-order valence-electron chi connectivity index (χ3n) is 5.32. The molecule has 0 atom stereocenters. The van der Waals surface area contributed by atoms with Crippen LogP contribution >= 0.6 is 0 Å². The highest BCUT2D eigenvalue weighted by molar-refractivity contribution is 6.09. The third kappa shape index (κ3) is 4.71. The smallest absolute Gasteiger partial charge is 0.210 e. The molecular weight excluding hydrogens is 344 g/mol. The van der Waals surface area contributed by atoms with Crippen LogP contribution in [0.2, 0.25) is 0 Å². The van der Waals surface area contributed by atoms with Gasteiger partial charge in [0.1, 0.15) is 0 Å². The van der Waals surface area contributed by atoms with Gasteiger partial charge in [-0.15, -0.1) is 0 Å². The number of hydrogen-bond acceptors (Lipinski definition) is 2. The zero-order valence-corrected chi connectivity index (χ0v) is 17.4. The Balaban J connectivity index is 1.65. The maximum Gasteiger partial charge on any atom is 0.210 e. The third-order valence-corrected chi connectivity index (χ3v) is 5.32. The summed E-state index contributed by atoms with van der Waals surface area (Å²) in [5.74, 6) is 0.0901. The average Bonchev–Trinajstić information content (AvgIpc) is 3.04. The summed E-state index contributed by atoms with van der Waals surface area (Å²) in [6.45, 7) is 10.0. The first-order valence-electron chi connectivity index (χ1n) is 10.6. The van der Waals surface area contributed by atoms with Gasteiger partial charge < -0.3 is 9.30 Å². The Morgan fingerprint density at radius 1 is 0.964 bits per heavy atom. The fraction of sp³-hybridized carbons (Fsp3) is 0.400. The van der Waals surface area contributed by atoms with Crippen LogP contribution in [-0.2, 0) is 6.42 Å². The standard InChI is InChI=1S/C25H32N2O/c1-4-15-26(16-5-2)17-8-9-21-11-13-22(14-12-21)25(28)24-20(3)19-23-10-6-7-18-27(23)24/h6-7,10-14,18-19H,4-5,8-9,15-17H2,1-3H3. The van der Waals surface area contributed by atoms with Gasteiger partial charge in [-0.05, 0) is 81.6 Å². The lowest BCUT2D eigenvalue weighted by atomic mass is 10.0. The first kappa shape index (κ1) is 20.3. The van der Waals surface area contributed by atoms with E-state index in [0.29, 0.717) is 0 Å². The van der Waals surface area contributed by atoms with Gasteiger partial charge in [0, 0.05) is 17.3 Å². The Kier molecular flexibility index (Phi) is 7.05. The van der Waals surface area contributed by atoms with E-state index in [4.69, 9.17) is 0 Å². The Hall–Kier alpha value is -2.39. The van der Waals surface area contributed by atoms with Crippen molar-refractivity contribution in [2.45, 2.75) is 46.5 Å². The predicted molar refractivity (Wildman–Crippen MR) is 117 cm³/mol. The highest BCUT2D eigenvalue weighted by atomic mass is 16.1. The molecule has 0 aliphatic rings. The highest BCUT2D eigenvalue weighted by Crippen LogP contribution is 2.20. The van der Waals surface area contributed by atoms with Crippen LogP contribution in [0.5, 0.6) is 0 Å². The van der Waals surface area contributed by atoms with Gasteiger partial charge in [0.15, 0.2) is 0 Å². The number of rotatable bonds is 10. The first-order chi connectivity index (χ1) is 13.6.